The largest absolute Gasteiger partial charge is 0.490 e. The van der Waals surface area contributed by atoms with Crippen LogP contribution in [0.25, 0.3) is 0 Å². The maximum absolute atomic E-state index is 13.4. The van der Waals surface area contributed by atoms with Gasteiger partial charge in [-0.15, -0.1) is 0 Å². The quantitative estimate of drug-likeness (QED) is 0.483. The first kappa shape index (κ1) is 19.8. The van der Waals surface area contributed by atoms with Gasteiger partial charge < -0.3 is 14.4 Å². The van der Waals surface area contributed by atoms with Crippen LogP contribution in [-0.2, 0) is 4.74 Å². The van der Waals surface area contributed by atoms with Crippen LogP contribution in [0.4, 0.5) is 4.39 Å². The van der Waals surface area contributed by atoms with Gasteiger partial charge in [0, 0.05) is 10.1 Å². The van der Waals surface area contributed by atoms with Crippen LogP contribution in [-0.4, -0.2) is 49.0 Å². The van der Waals surface area contributed by atoms with Gasteiger partial charge in [0.1, 0.15) is 24.3 Å². The number of morpholine rings is 1. The molecule has 27 heavy (non-hydrogen) atoms. The molecule has 0 spiro atoms. The van der Waals surface area contributed by atoms with Gasteiger partial charge in [-0.05, 0) is 59.8 Å². The number of ketones is 1. The molecule has 0 N–H and O–H groups in total. The molecule has 0 saturated carbocycles. The van der Waals surface area contributed by atoms with E-state index in [9.17, 15) is 14.0 Å². The normalized spacial score (nSPS) is 16.9. The summed E-state index contributed by atoms with van der Waals surface area (Å²) in [5, 5.41) is 0. The minimum Gasteiger partial charge on any atom is -0.490 e. The fraction of sp³-hybridized carbons (Fsp3) is 0.300. The molecular weight excluding hydrogens is 464 g/mol. The van der Waals surface area contributed by atoms with E-state index in [0.717, 1.165) is 9.64 Å². The predicted molar refractivity (Wildman–Crippen MR) is 107 cm³/mol. The summed E-state index contributed by atoms with van der Waals surface area (Å²) in [7, 11) is 0. The summed E-state index contributed by atoms with van der Waals surface area (Å²) in [6.45, 7) is 2.84. The van der Waals surface area contributed by atoms with Gasteiger partial charge in [0.05, 0.1) is 24.3 Å². The van der Waals surface area contributed by atoms with E-state index in [0.29, 0.717) is 31.0 Å². The van der Waals surface area contributed by atoms with Crippen LogP contribution in [0.1, 0.15) is 27.6 Å². The van der Waals surface area contributed by atoms with E-state index in [4.69, 9.17) is 9.47 Å². The lowest BCUT2D eigenvalue weighted by molar-refractivity contribution is -0.0402. The van der Waals surface area contributed by atoms with Crippen molar-refractivity contribution in [2.75, 3.05) is 26.3 Å². The van der Waals surface area contributed by atoms with Crippen LogP contribution in [0.3, 0.4) is 0 Å². The van der Waals surface area contributed by atoms with Crippen molar-refractivity contribution in [2.45, 2.75) is 13.0 Å². The molecule has 142 valence electrons. The van der Waals surface area contributed by atoms with Gasteiger partial charge in [-0.25, -0.2) is 4.39 Å². The van der Waals surface area contributed by atoms with Crippen LogP contribution in [0.5, 0.6) is 5.75 Å². The Kier molecular flexibility index (Phi) is 6.43. The number of hydrogen-bond donors (Lipinski definition) is 0. The molecule has 1 unspecified atom stereocenters. The molecule has 1 heterocycles. The maximum atomic E-state index is 13.4. The van der Waals surface area contributed by atoms with Crippen molar-refractivity contribution in [1.82, 2.24) is 4.90 Å². The summed E-state index contributed by atoms with van der Waals surface area (Å²) in [5.41, 5.74) is 0.856. The number of benzene rings is 2. The molecular formula is C20H19FINO4. The second-order valence-corrected chi connectivity index (χ2v) is 7.39. The molecule has 1 atom stereocenters. The molecule has 2 aromatic carbocycles. The van der Waals surface area contributed by atoms with Crippen LogP contribution in [0.15, 0.2) is 42.5 Å². The van der Waals surface area contributed by atoms with Gasteiger partial charge in [-0.1, -0.05) is 12.1 Å². The van der Waals surface area contributed by atoms with E-state index >= 15 is 0 Å². The first-order valence-electron chi connectivity index (χ1n) is 8.54. The van der Waals surface area contributed by atoms with Gasteiger partial charge in [-0.2, -0.15) is 0 Å². The molecule has 1 saturated heterocycles. The van der Waals surface area contributed by atoms with Crippen LogP contribution in [0, 0.1) is 9.39 Å². The molecule has 1 aliphatic heterocycles. The Balaban J connectivity index is 1.65. The lowest BCUT2D eigenvalue weighted by Gasteiger charge is -2.33. The summed E-state index contributed by atoms with van der Waals surface area (Å²) in [4.78, 5) is 26.2. The van der Waals surface area contributed by atoms with Crippen molar-refractivity contribution in [3.05, 3.63) is 63.0 Å². The van der Waals surface area contributed by atoms with Gasteiger partial charge in [0.15, 0.2) is 5.78 Å². The summed E-state index contributed by atoms with van der Waals surface area (Å²) in [6.07, 6.45) is -0.325. The predicted octanol–water partition coefficient (Wildman–Crippen LogP) is 3.55. The topological polar surface area (TPSA) is 55.8 Å². The molecule has 1 amide bonds. The van der Waals surface area contributed by atoms with Crippen LogP contribution >= 0.6 is 22.6 Å². The summed E-state index contributed by atoms with van der Waals surface area (Å²) >= 11 is 2.15. The number of halogens is 2. The van der Waals surface area contributed by atoms with Gasteiger partial charge in [0.2, 0.25) is 0 Å². The molecule has 7 heteroatoms. The fourth-order valence-corrected chi connectivity index (χ4v) is 3.51. The molecule has 1 aliphatic rings. The fourth-order valence-electron chi connectivity index (χ4n) is 2.90. The molecule has 2 aromatic rings. The van der Waals surface area contributed by atoms with Crippen LogP contribution in [0.2, 0.25) is 0 Å². The van der Waals surface area contributed by atoms with Crippen molar-refractivity contribution in [2.24, 2.45) is 0 Å². The Morgan fingerprint density at radius 3 is 2.78 bits per heavy atom. The highest BCUT2D eigenvalue weighted by molar-refractivity contribution is 14.1. The van der Waals surface area contributed by atoms with Gasteiger partial charge >= 0.3 is 0 Å². The second kappa shape index (κ2) is 8.79. The molecule has 0 aliphatic carbocycles. The highest BCUT2D eigenvalue weighted by atomic mass is 127. The zero-order chi connectivity index (χ0) is 19.4. The zero-order valence-corrected chi connectivity index (χ0v) is 16.9. The standard InChI is InChI=1S/C20H19FINO4/c1-13(24)17-10-14(21)6-7-19(17)27-12-15-11-23(8-9-26-15)20(25)16-4-2-3-5-18(16)22/h2-7,10,15H,8-9,11-12H2,1H3. The first-order valence-corrected chi connectivity index (χ1v) is 9.62. The highest BCUT2D eigenvalue weighted by Crippen LogP contribution is 2.22. The Morgan fingerprint density at radius 2 is 2.04 bits per heavy atom. The van der Waals surface area contributed by atoms with Gasteiger partial charge in [0.25, 0.3) is 5.91 Å². The Hall–Kier alpha value is -2.00. The Labute approximate surface area is 170 Å². The SMILES string of the molecule is CC(=O)c1cc(F)ccc1OCC1CN(C(=O)c2ccccc2I)CCO1. The van der Waals surface area contributed by atoms with E-state index in [-0.39, 0.29) is 30.0 Å². The Bertz CT molecular complexity index is 858. The molecule has 1 fully saturated rings. The molecule has 0 radical (unpaired) electrons. The number of carbonyl (C=O) groups is 2. The maximum Gasteiger partial charge on any atom is 0.255 e. The minimum absolute atomic E-state index is 0.0421. The minimum atomic E-state index is -0.490. The Morgan fingerprint density at radius 1 is 1.26 bits per heavy atom. The van der Waals surface area contributed by atoms with Crippen molar-refractivity contribution < 1.29 is 23.5 Å². The summed E-state index contributed by atoms with van der Waals surface area (Å²) in [6, 6.07) is 11.3. The number of hydrogen-bond acceptors (Lipinski definition) is 4. The summed E-state index contributed by atoms with van der Waals surface area (Å²) in [5.74, 6) is -0.492. The van der Waals surface area contributed by atoms with E-state index in [1.165, 1.54) is 19.1 Å². The molecule has 3 rings (SSSR count). The lowest BCUT2D eigenvalue weighted by atomic mass is 10.1. The van der Waals surface area contributed by atoms with Crippen LogP contribution < -0.4 is 4.74 Å². The average Bonchev–Trinajstić information content (AvgIpc) is 2.67. The first-order chi connectivity index (χ1) is 13.0. The van der Waals surface area contributed by atoms with Crippen molar-refractivity contribution >= 4 is 34.3 Å². The van der Waals surface area contributed by atoms with E-state index < -0.39 is 5.82 Å². The number of nitrogens with zero attached hydrogens (tertiary/aromatic N) is 1. The van der Waals surface area contributed by atoms with E-state index in [1.54, 1.807) is 4.90 Å². The number of rotatable bonds is 5. The zero-order valence-electron chi connectivity index (χ0n) is 14.8. The second-order valence-electron chi connectivity index (χ2n) is 6.23. The third-order valence-electron chi connectivity index (χ3n) is 4.28. The van der Waals surface area contributed by atoms with Crippen molar-refractivity contribution in [3.8, 4) is 5.75 Å². The molecule has 0 bridgehead atoms. The number of amides is 1. The van der Waals surface area contributed by atoms with Gasteiger partial charge in [-0.3, -0.25) is 9.59 Å². The molecule has 0 aromatic heterocycles. The monoisotopic (exact) mass is 483 g/mol. The molecule has 5 nitrogen and oxygen atoms in total. The number of carbonyl (C=O) groups excluding carboxylic acids is 2. The van der Waals surface area contributed by atoms with E-state index in [1.807, 2.05) is 24.3 Å². The lowest BCUT2D eigenvalue weighted by Crippen LogP contribution is -2.47. The third kappa shape index (κ3) is 4.84. The number of ether oxygens (including phenoxy) is 2. The van der Waals surface area contributed by atoms with Crippen molar-refractivity contribution in [1.29, 1.82) is 0 Å². The van der Waals surface area contributed by atoms with Crippen molar-refractivity contribution in [3.63, 3.8) is 0 Å². The average molecular weight is 483 g/mol. The highest BCUT2D eigenvalue weighted by Gasteiger charge is 2.26. The number of Topliss-reactive ketones (excluding diaryl/α,β-unsaturated/α-hetero) is 1. The van der Waals surface area contributed by atoms with E-state index in [2.05, 4.69) is 22.6 Å². The smallest absolute Gasteiger partial charge is 0.255 e. The third-order valence-corrected chi connectivity index (χ3v) is 5.22. The summed E-state index contributed by atoms with van der Waals surface area (Å²) < 4.78 is 25.6.